The second-order valence-electron chi connectivity index (χ2n) is 8.03. The number of aliphatic hydroxyl groups is 3. The quantitative estimate of drug-likeness (QED) is 0.238. The molecule has 5 nitrogen and oxygen atoms in total. The van der Waals surface area contributed by atoms with Crippen molar-refractivity contribution >= 4 is 0 Å². The van der Waals surface area contributed by atoms with Gasteiger partial charge in [0.2, 0.25) is 0 Å². The molecule has 0 spiro atoms. The van der Waals surface area contributed by atoms with Gasteiger partial charge in [-0.15, -0.1) is 0 Å². The van der Waals surface area contributed by atoms with Gasteiger partial charge >= 0.3 is 0 Å². The lowest BCUT2D eigenvalue weighted by Crippen LogP contribution is -2.41. The van der Waals surface area contributed by atoms with Gasteiger partial charge in [-0.05, 0) is 32.1 Å². The van der Waals surface area contributed by atoms with E-state index < -0.39 is 31.0 Å². The van der Waals surface area contributed by atoms with E-state index in [1.807, 2.05) is 0 Å². The van der Waals surface area contributed by atoms with Gasteiger partial charge in [0, 0.05) is 6.61 Å². The summed E-state index contributed by atoms with van der Waals surface area (Å²) in [6, 6.07) is 0. The van der Waals surface area contributed by atoms with Gasteiger partial charge in [-0.2, -0.15) is 0 Å². The molecule has 1 fully saturated rings. The maximum atomic E-state index is 10.0. The van der Waals surface area contributed by atoms with Crippen molar-refractivity contribution in [2.45, 2.75) is 115 Å². The van der Waals surface area contributed by atoms with Crippen LogP contribution < -0.4 is 0 Å². The van der Waals surface area contributed by atoms with Crippen LogP contribution in [0.5, 0.6) is 0 Å². The number of aliphatic hydroxyl groups excluding tert-OH is 3. The monoisotopic (exact) mass is 400 g/mol. The van der Waals surface area contributed by atoms with Crippen molar-refractivity contribution in [1.82, 2.24) is 0 Å². The topological polar surface area (TPSA) is 79.2 Å². The third-order valence-corrected chi connectivity index (χ3v) is 5.47. The van der Waals surface area contributed by atoms with E-state index in [9.17, 15) is 10.2 Å². The average molecular weight is 401 g/mol. The molecule has 0 aliphatic carbocycles. The van der Waals surface area contributed by atoms with E-state index in [-0.39, 0.29) is 6.61 Å². The lowest BCUT2D eigenvalue weighted by atomic mass is 10.1. The van der Waals surface area contributed by atoms with E-state index in [1.54, 1.807) is 0 Å². The van der Waals surface area contributed by atoms with Crippen molar-refractivity contribution in [1.29, 1.82) is 0 Å². The van der Waals surface area contributed by atoms with Gasteiger partial charge in [0.25, 0.3) is 0 Å². The zero-order valence-electron chi connectivity index (χ0n) is 17.9. The summed E-state index contributed by atoms with van der Waals surface area (Å²) in [5, 5.41) is 28.6. The van der Waals surface area contributed by atoms with Gasteiger partial charge in [-0.25, -0.2) is 0 Å². The van der Waals surface area contributed by atoms with Crippen LogP contribution in [0.1, 0.15) is 90.4 Å². The molecule has 0 amide bonds. The molecule has 166 valence electrons. The van der Waals surface area contributed by atoms with Crippen molar-refractivity contribution in [2.24, 2.45) is 0 Å². The summed E-state index contributed by atoms with van der Waals surface area (Å²) in [4.78, 5) is 0. The smallest absolute Gasteiger partial charge is 0.114 e. The summed E-state index contributed by atoms with van der Waals surface area (Å²) < 4.78 is 11.0. The fourth-order valence-corrected chi connectivity index (χ4v) is 3.61. The number of unbranched alkanes of at least 4 members (excludes halogenated alkanes) is 11. The van der Waals surface area contributed by atoms with Gasteiger partial charge < -0.3 is 24.8 Å². The van der Waals surface area contributed by atoms with E-state index in [4.69, 9.17) is 14.6 Å². The SMILES string of the molecule is CCCCCC/C=C/CCCCCCCCCO[C@H]1CO[C@H]([C@H](O)CO)[C@@H]1O. The molecule has 5 heteroatoms. The lowest BCUT2D eigenvalue weighted by molar-refractivity contribution is -0.0730. The molecule has 0 aromatic rings. The van der Waals surface area contributed by atoms with Crippen LogP contribution >= 0.6 is 0 Å². The van der Waals surface area contributed by atoms with Gasteiger partial charge in [0.05, 0.1) is 13.2 Å². The predicted octanol–water partition coefficient (Wildman–Crippen LogP) is 4.13. The third kappa shape index (κ3) is 11.5. The summed E-state index contributed by atoms with van der Waals surface area (Å²) in [7, 11) is 0. The van der Waals surface area contributed by atoms with Crippen molar-refractivity contribution in [3.05, 3.63) is 12.2 Å². The highest BCUT2D eigenvalue weighted by molar-refractivity contribution is 4.88. The summed E-state index contributed by atoms with van der Waals surface area (Å²) >= 11 is 0. The standard InChI is InChI=1S/C23H44O5/c1-2-3-4-5-6-7-8-9-10-11-12-13-14-15-16-17-27-21-19-28-23(22(21)26)20(25)18-24/h7-8,20-26H,2-6,9-19H2,1H3/b8-7+/t20-,21+,22-,23-/m1/s1. The first-order valence-corrected chi connectivity index (χ1v) is 11.6. The van der Waals surface area contributed by atoms with Crippen LogP contribution in [0.15, 0.2) is 12.2 Å². The van der Waals surface area contributed by atoms with E-state index in [1.165, 1.54) is 70.6 Å². The lowest BCUT2D eigenvalue weighted by Gasteiger charge is -2.20. The first-order valence-electron chi connectivity index (χ1n) is 11.6. The highest BCUT2D eigenvalue weighted by Gasteiger charge is 2.40. The maximum absolute atomic E-state index is 10.0. The number of hydrogen-bond acceptors (Lipinski definition) is 5. The van der Waals surface area contributed by atoms with Crippen molar-refractivity contribution in [3.63, 3.8) is 0 Å². The molecule has 3 N–H and O–H groups in total. The van der Waals surface area contributed by atoms with E-state index in [0.29, 0.717) is 6.61 Å². The number of ether oxygens (including phenoxy) is 2. The molecule has 28 heavy (non-hydrogen) atoms. The maximum Gasteiger partial charge on any atom is 0.114 e. The zero-order chi connectivity index (χ0) is 20.5. The molecule has 1 rings (SSSR count). The second kappa shape index (κ2) is 17.4. The van der Waals surface area contributed by atoms with E-state index >= 15 is 0 Å². The van der Waals surface area contributed by atoms with E-state index in [0.717, 1.165) is 12.8 Å². The molecule has 1 saturated heterocycles. The number of rotatable bonds is 18. The number of allylic oxidation sites excluding steroid dienone is 2. The second-order valence-corrected chi connectivity index (χ2v) is 8.03. The summed E-state index contributed by atoms with van der Waals surface area (Å²) in [5.74, 6) is 0. The molecule has 0 radical (unpaired) electrons. The molecule has 1 aliphatic heterocycles. The molecule has 4 atom stereocenters. The van der Waals surface area contributed by atoms with Crippen molar-refractivity contribution in [3.8, 4) is 0 Å². The van der Waals surface area contributed by atoms with Crippen LogP contribution in [0.2, 0.25) is 0 Å². The van der Waals surface area contributed by atoms with Crippen LogP contribution in [0, 0.1) is 0 Å². The fourth-order valence-electron chi connectivity index (χ4n) is 3.61. The highest BCUT2D eigenvalue weighted by atomic mass is 16.6. The Balaban J connectivity index is 1.84. The molecular weight excluding hydrogens is 356 g/mol. The summed E-state index contributed by atoms with van der Waals surface area (Å²) in [6.45, 7) is 2.72. The summed E-state index contributed by atoms with van der Waals surface area (Å²) in [6.07, 6.45) is 18.1. The molecule has 1 heterocycles. The minimum absolute atomic E-state index is 0.274. The predicted molar refractivity (Wildman–Crippen MR) is 113 cm³/mol. The Morgan fingerprint density at radius 2 is 1.50 bits per heavy atom. The molecule has 1 aliphatic rings. The highest BCUT2D eigenvalue weighted by Crippen LogP contribution is 2.20. The largest absolute Gasteiger partial charge is 0.394 e. The Kier molecular flexibility index (Phi) is 15.9. The zero-order valence-corrected chi connectivity index (χ0v) is 17.9. The Morgan fingerprint density at radius 3 is 2.11 bits per heavy atom. The van der Waals surface area contributed by atoms with Crippen LogP contribution in [-0.4, -0.2) is 59.6 Å². The van der Waals surface area contributed by atoms with Gasteiger partial charge in [0.1, 0.15) is 24.4 Å². The molecule has 0 bridgehead atoms. The molecular formula is C23H44O5. The minimum Gasteiger partial charge on any atom is -0.394 e. The van der Waals surface area contributed by atoms with Gasteiger partial charge in [-0.3, -0.25) is 0 Å². The van der Waals surface area contributed by atoms with Crippen LogP contribution in [-0.2, 0) is 9.47 Å². The van der Waals surface area contributed by atoms with Gasteiger partial charge in [-0.1, -0.05) is 70.4 Å². The Morgan fingerprint density at radius 1 is 0.929 bits per heavy atom. The van der Waals surface area contributed by atoms with Crippen LogP contribution in [0.4, 0.5) is 0 Å². The molecule has 0 saturated carbocycles. The fraction of sp³-hybridized carbons (Fsp3) is 0.913. The average Bonchev–Trinajstić information content (AvgIpc) is 3.07. The third-order valence-electron chi connectivity index (χ3n) is 5.47. The molecule has 0 aromatic heterocycles. The van der Waals surface area contributed by atoms with Crippen molar-refractivity contribution in [2.75, 3.05) is 19.8 Å². The van der Waals surface area contributed by atoms with Crippen LogP contribution in [0.3, 0.4) is 0 Å². The normalized spacial score (nSPS) is 23.6. The first-order chi connectivity index (χ1) is 13.7. The Labute approximate surface area is 172 Å². The van der Waals surface area contributed by atoms with E-state index in [2.05, 4.69) is 19.1 Å². The van der Waals surface area contributed by atoms with Crippen molar-refractivity contribution < 1.29 is 24.8 Å². The Bertz CT molecular complexity index is 374. The Hall–Kier alpha value is -0.460. The first kappa shape index (κ1) is 25.6. The minimum atomic E-state index is -1.05. The molecule has 0 unspecified atom stereocenters. The molecule has 0 aromatic carbocycles. The number of hydrogen-bond donors (Lipinski definition) is 3. The van der Waals surface area contributed by atoms with Gasteiger partial charge in [0.15, 0.2) is 0 Å². The van der Waals surface area contributed by atoms with Crippen LogP contribution in [0.25, 0.3) is 0 Å². The summed E-state index contributed by atoms with van der Waals surface area (Å²) in [5.41, 5.74) is 0.